The lowest BCUT2D eigenvalue weighted by Crippen LogP contribution is -2.32. The number of anilines is 1. The van der Waals surface area contributed by atoms with Gasteiger partial charge in [-0.05, 0) is 11.6 Å². The molecule has 0 fully saturated rings. The molecule has 1 amide bonds. The minimum Gasteiger partial charge on any atom is -0.361 e. The summed E-state index contributed by atoms with van der Waals surface area (Å²) in [6, 6.07) is 4.51. The van der Waals surface area contributed by atoms with E-state index in [1.165, 1.54) is 28.4 Å². The highest BCUT2D eigenvalue weighted by atomic mass is 32.1. The smallest absolute Gasteiger partial charge is 0.270 e. The Bertz CT molecular complexity index is 940. The Morgan fingerprint density at radius 3 is 3.00 bits per heavy atom. The molecule has 3 aromatic rings. The second-order valence-electron chi connectivity index (χ2n) is 4.98. The number of carbonyl (C=O) groups excluding carboxylic acids is 1. The number of carbonyl (C=O) groups is 1. The molecule has 8 heteroatoms. The van der Waals surface area contributed by atoms with Crippen LogP contribution in [0.15, 0.2) is 36.0 Å². The molecule has 7 nitrogen and oxygen atoms in total. The fraction of sp³-hybridized carbons (Fsp3) is 0.125. The van der Waals surface area contributed by atoms with Gasteiger partial charge in [-0.2, -0.15) is 0 Å². The topological polar surface area (TPSA) is 92.1 Å². The van der Waals surface area contributed by atoms with Crippen LogP contribution in [0.1, 0.15) is 5.56 Å². The highest BCUT2D eigenvalue weighted by Gasteiger charge is 2.19. The second-order valence-corrected chi connectivity index (χ2v) is 5.85. The summed E-state index contributed by atoms with van der Waals surface area (Å²) in [5.74, 6) is 2.24. The van der Waals surface area contributed by atoms with Gasteiger partial charge in [0.05, 0.1) is 17.9 Å². The number of aromatic amines is 1. The molecule has 3 rings (SSSR count). The van der Waals surface area contributed by atoms with E-state index >= 15 is 0 Å². The van der Waals surface area contributed by atoms with Crippen molar-refractivity contribution in [3.8, 4) is 12.3 Å². The number of benzene rings is 1. The zero-order chi connectivity index (χ0) is 17.1. The first-order chi connectivity index (χ1) is 11.6. The number of hydrogen-bond acceptors (Lipinski definition) is 5. The van der Waals surface area contributed by atoms with E-state index < -0.39 is 4.92 Å². The number of non-ortho nitro benzene ring substituents is 1. The molecular weight excluding hydrogens is 328 g/mol. The summed E-state index contributed by atoms with van der Waals surface area (Å²) in [4.78, 5) is 31.7. The zero-order valence-corrected chi connectivity index (χ0v) is 13.2. The first-order valence-electron chi connectivity index (χ1n) is 6.98. The maximum atomic E-state index is 12.6. The Morgan fingerprint density at radius 1 is 1.50 bits per heavy atom. The van der Waals surface area contributed by atoms with E-state index in [4.69, 9.17) is 6.42 Å². The van der Waals surface area contributed by atoms with Crippen molar-refractivity contribution in [2.45, 2.75) is 6.42 Å². The number of nitro benzene ring substituents is 1. The molecule has 0 atom stereocenters. The summed E-state index contributed by atoms with van der Waals surface area (Å²) >= 11 is 1.32. The van der Waals surface area contributed by atoms with Crippen LogP contribution in [0.3, 0.4) is 0 Å². The number of H-pyrrole nitrogens is 1. The van der Waals surface area contributed by atoms with E-state index in [1.54, 1.807) is 23.8 Å². The summed E-state index contributed by atoms with van der Waals surface area (Å²) in [6.07, 6.45) is 8.70. The maximum absolute atomic E-state index is 12.6. The van der Waals surface area contributed by atoms with Crippen LogP contribution in [0.4, 0.5) is 10.8 Å². The van der Waals surface area contributed by atoms with Crippen LogP contribution in [0, 0.1) is 22.5 Å². The Labute approximate surface area is 141 Å². The quantitative estimate of drug-likeness (QED) is 0.439. The van der Waals surface area contributed by atoms with Gasteiger partial charge in [-0.15, -0.1) is 17.8 Å². The third kappa shape index (κ3) is 2.98. The van der Waals surface area contributed by atoms with Crippen molar-refractivity contribution < 1.29 is 9.72 Å². The lowest BCUT2D eigenvalue weighted by atomic mass is 10.1. The summed E-state index contributed by atoms with van der Waals surface area (Å²) in [6.45, 7) is 0.120. The van der Waals surface area contributed by atoms with Gasteiger partial charge in [0, 0.05) is 40.8 Å². The SMILES string of the molecule is C#CCN(C(=O)Cc1c[nH]c2ccc([N+](=O)[O-])cc12)c1nccs1. The van der Waals surface area contributed by atoms with Gasteiger partial charge in [0.2, 0.25) is 5.91 Å². The molecular formula is C16H12N4O3S. The van der Waals surface area contributed by atoms with Gasteiger partial charge in [-0.3, -0.25) is 19.8 Å². The minimum absolute atomic E-state index is 0.0174. The molecule has 0 spiro atoms. The van der Waals surface area contributed by atoms with Gasteiger partial charge in [0.15, 0.2) is 5.13 Å². The minimum atomic E-state index is -0.460. The van der Waals surface area contributed by atoms with Crippen molar-refractivity contribution >= 4 is 39.0 Å². The molecule has 0 saturated heterocycles. The number of thiazole rings is 1. The standard InChI is InChI=1S/C16H12N4O3S/c1-2-6-19(16-17-5-7-24-16)15(21)8-11-10-18-14-4-3-12(20(22)23)9-13(11)14/h1,3-5,7,9-10,18H,6,8H2. The van der Waals surface area contributed by atoms with Crippen LogP contribution >= 0.6 is 11.3 Å². The number of amides is 1. The predicted molar refractivity (Wildman–Crippen MR) is 92.0 cm³/mol. The highest BCUT2D eigenvalue weighted by Crippen LogP contribution is 2.25. The summed E-state index contributed by atoms with van der Waals surface area (Å²) in [7, 11) is 0. The Kier molecular flexibility index (Phi) is 4.26. The van der Waals surface area contributed by atoms with Gasteiger partial charge in [-0.1, -0.05) is 5.92 Å². The number of nitrogens with one attached hydrogen (secondary N) is 1. The summed E-state index contributed by atoms with van der Waals surface area (Å²) in [5.41, 5.74) is 1.40. The van der Waals surface area contributed by atoms with Gasteiger partial charge >= 0.3 is 0 Å². The van der Waals surface area contributed by atoms with E-state index in [1.807, 2.05) is 0 Å². The molecule has 1 N–H and O–H groups in total. The monoisotopic (exact) mass is 340 g/mol. The predicted octanol–water partition coefficient (Wildman–Crippen LogP) is 2.74. The first-order valence-corrected chi connectivity index (χ1v) is 7.86. The van der Waals surface area contributed by atoms with Crippen molar-refractivity contribution in [3.05, 3.63) is 51.7 Å². The first kappa shape index (κ1) is 15.7. The number of fused-ring (bicyclic) bond motifs is 1. The van der Waals surface area contributed by atoms with Crippen LogP contribution < -0.4 is 4.90 Å². The molecule has 24 heavy (non-hydrogen) atoms. The van der Waals surface area contributed by atoms with Crippen molar-refractivity contribution in [2.75, 3.05) is 11.4 Å². The van der Waals surface area contributed by atoms with Gasteiger partial charge in [-0.25, -0.2) is 4.98 Å². The van der Waals surface area contributed by atoms with Crippen molar-refractivity contribution in [1.82, 2.24) is 9.97 Å². The van der Waals surface area contributed by atoms with E-state index in [9.17, 15) is 14.9 Å². The number of aromatic nitrogens is 2. The number of nitrogens with zero attached hydrogens (tertiary/aromatic N) is 3. The van der Waals surface area contributed by atoms with Gasteiger partial charge in [0.25, 0.3) is 5.69 Å². The van der Waals surface area contributed by atoms with Crippen molar-refractivity contribution in [2.24, 2.45) is 0 Å². The molecule has 0 radical (unpaired) electrons. The summed E-state index contributed by atoms with van der Waals surface area (Å²) < 4.78 is 0. The van der Waals surface area contributed by atoms with Crippen LogP contribution in [-0.4, -0.2) is 27.3 Å². The van der Waals surface area contributed by atoms with E-state index in [-0.39, 0.29) is 24.6 Å². The molecule has 2 aromatic heterocycles. The van der Waals surface area contributed by atoms with Crippen molar-refractivity contribution in [3.63, 3.8) is 0 Å². The van der Waals surface area contributed by atoms with Crippen LogP contribution in [-0.2, 0) is 11.2 Å². The number of hydrogen-bond donors (Lipinski definition) is 1. The van der Waals surface area contributed by atoms with E-state index in [0.29, 0.717) is 16.1 Å². The normalized spacial score (nSPS) is 10.5. The Morgan fingerprint density at radius 2 is 2.33 bits per heavy atom. The number of nitro groups is 1. The molecule has 0 unspecified atom stereocenters. The molecule has 0 aliphatic carbocycles. The summed E-state index contributed by atoms with van der Waals surface area (Å²) in [5, 5.41) is 13.9. The zero-order valence-electron chi connectivity index (χ0n) is 12.4. The molecule has 120 valence electrons. The second kappa shape index (κ2) is 6.52. The molecule has 0 saturated carbocycles. The largest absolute Gasteiger partial charge is 0.361 e. The lowest BCUT2D eigenvalue weighted by molar-refractivity contribution is -0.384. The molecule has 2 heterocycles. The molecule has 0 aliphatic heterocycles. The third-order valence-electron chi connectivity index (χ3n) is 3.50. The fourth-order valence-electron chi connectivity index (χ4n) is 2.39. The van der Waals surface area contributed by atoms with Gasteiger partial charge < -0.3 is 4.98 Å². The van der Waals surface area contributed by atoms with Gasteiger partial charge in [0.1, 0.15) is 0 Å². The molecule has 1 aromatic carbocycles. The number of rotatable bonds is 5. The fourth-order valence-corrected chi connectivity index (χ4v) is 3.05. The van der Waals surface area contributed by atoms with Crippen LogP contribution in [0.2, 0.25) is 0 Å². The lowest BCUT2D eigenvalue weighted by Gasteiger charge is -2.16. The van der Waals surface area contributed by atoms with E-state index in [0.717, 1.165) is 5.52 Å². The average molecular weight is 340 g/mol. The average Bonchev–Trinajstić information content (AvgIpc) is 3.22. The van der Waals surface area contributed by atoms with Crippen LogP contribution in [0.5, 0.6) is 0 Å². The Balaban J connectivity index is 1.91. The highest BCUT2D eigenvalue weighted by molar-refractivity contribution is 7.13. The Hall–Kier alpha value is -3.18. The molecule has 0 bridgehead atoms. The third-order valence-corrected chi connectivity index (χ3v) is 4.30. The van der Waals surface area contributed by atoms with Crippen LogP contribution in [0.25, 0.3) is 10.9 Å². The maximum Gasteiger partial charge on any atom is 0.270 e. The number of terminal acetylenes is 1. The van der Waals surface area contributed by atoms with E-state index in [2.05, 4.69) is 15.9 Å². The molecule has 0 aliphatic rings. The van der Waals surface area contributed by atoms with Crippen molar-refractivity contribution in [1.29, 1.82) is 0 Å².